The van der Waals surface area contributed by atoms with E-state index in [1.165, 1.54) is 11.8 Å². The molecule has 1 aromatic carbocycles. The Morgan fingerprint density at radius 1 is 1.33 bits per heavy atom. The molecule has 0 saturated heterocycles. The molecule has 0 spiro atoms. The molecule has 0 aliphatic rings. The van der Waals surface area contributed by atoms with Gasteiger partial charge in [0.15, 0.2) is 0 Å². The van der Waals surface area contributed by atoms with Gasteiger partial charge in [-0.1, -0.05) is 0 Å². The summed E-state index contributed by atoms with van der Waals surface area (Å²) >= 11 is 1.30. The second-order valence-electron chi connectivity index (χ2n) is 5.49. The molecule has 1 rings (SSSR count). The van der Waals surface area contributed by atoms with Crippen molar-refractivity contribution in [3.05, 3.63) is 23.8 Å². The minimum absolute atomic E-state index is 0.159. The van der Waals surface area contributed by atoms with E-state index in [0.717, 1.165) is 4.90 Å². The minimum Gasteiger partial charge on any atom is -0.459 e. The summed E-state index contributed by atoms with van der Waals surface area (Å²) in [4.78, 5) is 24.1. The Labute approximate surface area is 129 Å². The molecule has 0 heterocycles. The standard InChI is InChI=1S/C15H22N2O3S/c1-5-17-14(19)10-6-7-12(11(16)8-10)21-9-13(18)20-15(2,3)4/h6-8H,5,9,16H2,1-4H3,(H,17,19). The summed E-state index contributed by atoms with van der Waals surface area (Å²) < 4.78 is 5.23. The average Bonchev–Trinajstić information content (AvgIpc) is 2.35. The van der Waals surface area contributed by atoms with Crippen molar-refractivity contribution in [2.24, 2.45) is 0 Å². The smallest absolute Gasteiger partial charge is 0.316 e. The third-order valence-corrected chi connectivity index (χ3v) is 3.44. The Bertz CT molecular complexity index is 524. The van der Waals surface area contributed by atoms with Crippen LogP contribution in [0.4, 0.5) is 5.69 Å². The SMILES string of the molecule is CCNC(=O)c1ccc(SCC(=O)OC(C)(C)C)c(N)c1. The number of nitrogens with one attached hydrogen (secondary N) is 1. The van der Waals surface area contributed by atoms with Gasteiger partial charge in [-0.25, -0.2) is 0 Å². The maximum atomic E-state index is 11.7. The predicted molar refractivity (Wildman–Crippen MR) is 85.4 cm³/mol. The van der Waals surface area contributed by atoms with Crippen LogP contribution in [0.5, 0.6) is 0 Å². The molecular formula is C15H22N2O3S. The van der Waals surface area contributed by atoms with E-state index in [2.05, 4.69) is 5.32 Å². The van der Waals surface area contributed by atoms with Crippen LogP contribution >= 0.6 is 11.8 Å². The number of nitrogens with two attached hydrogens (primary N) is 1. The van der Waals surface area contributed by atoms with Crippen molar-refractivity contribution < 1.29 is 14.3 Å². The summed E-state index contributed by atoms with van der Waals surface area (Å²) in [6.45, 7) is 7.89. The fourth-order valence-electron chi connectivity index (χ4n) is 1.59. The van der Waals surface area contributed by atoms with Crippen molar-refractivity contribution in [1.82, 2.24) is 5.32 Å². The van der Waals surface area contributed by atoms with Gasteiger partial charge in [0.2, 0.25) is 0 Å². The molecule has 116 valence electrons. The fourth-order valence-corrected chi connectivity index (χ4v) is 2.31. The summed E-state index contributed by atoms with van der Waals surface area (Å²) in [6, 6.07) is 5.05. The Balaban J connectivity index is 2.65. The first-order valence-corrected chi connectivity index (χ1v) is 7.74. The van der Waals surface area contributed by atoms with Crippen LogP contribution in [0, 0.1) is 0 Å². The summed E-state index contributed by atoms with van der Waals surface area (Å²) in [6.07, 6.45) is 0. The van der Waals surface area contributed by atoms with E-state index in [1.54, 1.807) is 18.2 Å². The lowest BCUT2D eigenvalue weighted by Gasteiger charge is -2.19. The predicted octanol–water partition coefficient (Wildman–Crippen LogP) is 2.45. The number of benzene rings is 1. The van der Waals surface area contributed by atoms with Gasteiger partial charge in [0.05, 0.1) is 5.75 Å². The number of ether oxygens (including phenoxy) is 1. The molecule has 21 heavy (non-hydrogen) atoms. The van der Waals surface area contributed by atoms with E-state index >= 15 is 0 Å². The lowest BCUT2D eigenvalue weighted by molar-refractivity contribution is -0.151. The number of esters is 1. The largest absolute Gasteiger partial charge is 0.459 e. The number of nitrogen functional groups attached to an aromatic ring is 1. The molecule has 0 saturated carbocycles. The zero-order valence-corrected chi connectivity index (χ0v) is 13.7. The molecule has 3 N–H and O–H groups in total. The van der Waals surface area contributed by atoms with Crippen molar-refractivity contribution >= 4 is 29.3 Å². The molecule has 0 aliphatic heterocycles. The van der Waals surface area contributed by atoms with Crippen LogP contribution in [-0.2, 0) is 9.53 Å². The third-order valence-electron chi connectivity index (χ3n) is 2.37. The van der Waals surface area contributed by atoms with Gasteiger partial charge < -0.3 is 15.8 Å². The first kappa shape index (κ1) is 17.4. The first-order chi connectivity index (χ1) is 9.73. The Morgan fingerprint density at radius 2 is 2.00 bits per heavy atom. The van der Waals surface area contributed by atoms with Crippen molar-refractivity contribution in [2.45, 2.75) is 38.2 Å². The molecular weight excluding hydrogens is 288 g/mol. The van der Waals surface area contributed by atoms with Gasteiger partial charge in [0.25, 0.3) is 5.91 Å². The second-order valence-corrected chi connectivity index (χ2v) is 6.50. The van der Waals surface area contributed by atoms with E-state index < -0.39 is 5.60 Å². The highest BCUT2D eigenvalue weighted by molar-refractivity contribution is 8.00. The average molecular weight is 310 g/mol. The van der Waals surface area contributed by atoms with Crippen LogP contribution in [0.15, 0.2) is 23.1 Å². The van der Waals surface area contributed by atoms with Crippen LogP contribution in [0.1, 0.15) is 38.1 Å². The molecule has 5 nitrogen and oxygen atoms in total. The highest BCUT2D eigenvalue weighted by Crippen LogP contribution is 2.26. The van der Waals surface area contributed by atoms with Crippen LogP contribution < -0.4 is 11.1 Å². The van der Waals surface area contributed by atoms with Crippen molar-refractivity contribution in [3.8, 4) is 0 Å². The normalized spacial score (nSPS) is 11.0. The maximum Gasteiger partial charge on any atom is 0.316 e. The lowest BCUT2D eigenvalue weighted by Crippen LogP contribution is -2.25. The molecule has 0 bridgehead atoms. The van der Waals surface area contributed by atoms with Crippen molar-refractivity contribution in [2.75, 3.05) is 18.0 Å². The third kappa shape index (κ3) is 6.08. The number of hydrogen-bond donors (Lipinski definition) is 2. The summed E-state index contributed by atoms with van der Waals surface area (Å²) in [5.74, 6) is -0.269. The van der Waals surface area contributed by atoms with E-state index in [4.69, 9.17) is 10.5 Å². The van der Waals surface area contributed by atoms with Crippen molar-refractivity contribution in [3.63, 3.8) is 0 Å². The number of rotatable bonds is 5. The molecule has 0 radical (unpaired) electrons. The van der Waals surface area contributed by atoms with Gasteiger partial charge in [0, 0.05) is 22.7 Å². The van der Waals surface area contributed by atoms with Crippen molar-refractivity contribution in [1.29, 1.82) is 0 Å². The molecule has 0 unspecified atom stereocenters. The number of carbonyl (C=O) groups is 2. The number of anilines is 1. The minimum atomic E-state index is -0.495. The van der Waals surface area contributed by atoms with Gasteiger partial charge in [-0.15, -0.1) is 11.8 Å². The summed E-state index contributed by atoms with van der Waals surface area (Å²) in [5.41, 5.74) is 6.41. The fraction of sp³-hybridized carbons (Fsp3) is 0.467. The quantitative estimate of drug-likeness (QED) is 0.496. The zero-order valence-electron chi connectivity index (χ0n) is 12.9. The number of amides is 1. The topological polar surface area (TPSA) is 81.4 Å². The van der Waals surface area contributed by atoms with E-state index in [0.29, 0.717) is 17.8 Å². The summed E-state index contributed by atoms with van der Waals surface area (Å²) in [5, 5.41) is 2.71. The molecule has 1 aromatic rings. The molecule has 1 amide bonds. The molecule has 6 heteroatoms. The van der Waals surface area contributed by atoms with Crippen LogP contribution in [0.25, 0.3) is 0 Å². The van der Waals surface area contributed by atoms with Crippen LogP contribution in [-0.4, -0.2) is 29.8 Å². The van der Waals surface area contributed by atoms with Gasteiger partial charge in [-0.2, -0.15) is 0 Å². The van der Waals surface area contributed by atoms with Gasteiger partial charge in [0.1, 0.15) is 5.60 Å². The number of thioether (sulfide) groups is 1. The monoisotopic (exact) mass is 310 g/mol. The Hall–Kier alpha value is -1.69. The Morgan fingerprint density at radius 3 is 2.52 bits per heavy atom. The number of hydrogen-bond acceptors (Lipinski definition) is 5. The highest BCUT2D eigenvalue weighted by atomic mass is 32.2. The highest BCUT2D eigenvalue weighted by Gasteiger charge is 2.17. The molecule has 0 fully saturated rings. The molecule has 0 aliphatic carbocycles. The van der Waals surface area contributed by atoms with Crippen LogP contribution in [0.3, 0.4) is 0 Å². The molecule has 0 aromatic heterocycles. The lowest BCUT2D eigenvalue weighted by atomic mass is 10.2. The van der Waals surface area contributed by atoms with Gasteiger partial charge >= 0.3 is 5.97 Å². The van der Waals surface area contributed by atoms with Gasteiger partial charge in [-0.05, 0) is 45.9 Å². The van der Waals surface area contributed by atoms with Gasteiger partial charge in [-0.3, -0.25) is 9.59 Å². The first-order valence-electron chi connectivity index (χ1n) is 6.75. The maximum absolute atomic E-state index is 11.7. The molecule has 0 atom stereocenters. The zero-order chi connectivity index (χ0) is 16.0. The Kier molecular flexibility index (Phi) is 6.08. The number of carbonyl (C=O) groups excluding carboxylic acids is 2. The van der Waals surface area contributed by atoms with E-state index in [9.17, 15) is 9.59 Å². The second kappa shape index (κ2) is 7.36. The van der Waals surface area contributed by atoms with E-state index in [1.807, 2.05) is 27.7 Å². The summed E-state index contributed by atoms with van der Waals surface area (Å²) in [7, 11) is 0. The van der Waals surface area contributed by atoms with Crippen LogP contribution in [0.2, 0.25) is 0 Å². The van der Waals surface area contributed by atoms with E-state index in [-0.39, 0.29) is 17.6 Å².